The van der Waals surface area contributed by atoms with Crippen LogP contribution in [0.1, 0.15) is 91.9 Å². The Hall–Kier alpha value is -4.40. The molecule has 1 fully saturated rings. The summed E-state index contributed by atoms with van der Waals surface area (Å²) < 4.78 is 17.3. The maximum absolute atomic E-state index is 13.4. The summed E-state index contributed by atoms with van der Waals surface area (Å²) in [7, 11) is 1.47. The fourth-order valence-electron chi connectivity index (χ4n) is 5.24. The Balaban J connectivity index is 1.45. The van der Waals surface area contributed by atoms with Gasteiger partial charge in [0.15, 0.2) is 12.0 Å². The number of nitrogens with one attached hydrogen (secondary N) is 1. The predicted molar refractivity (Wildman–Crippen MR) is 175 cm³/mol. The highest BCUT2D eigenvalue weighted by Crippen LogP contribution is 2.35. The lowest BCUT2D eigenvalue weighted by Gasteiger charge is -2.33. The van der Waals surface area contributed by atoms with Crippen molar-refractivity contribution in [2.24, 2.45) is 5.92 Å². The Bertz CT molecular complexity index is 1550. The molecule has 1 aromatic heterocycles. The molecule has 0 aliphatic carbocycles. The second-order valence-electron chi connectivity index (χ2n) is 13.6. The Morgan fingerprint density at radius 2 is 1.73 bits per heavy atom. The van der Waals surface area contributed by atoms with Crippen molar-refractivity contribution >= 4 is 24.0 Å². The molecule has 9 nitrogen and oxygen atoms in total. The van der Waals surface area contributed by atoms with Crippen LogP contribution in [0.15, 0.2) is 48.7 Å². The van der Waals surface area contributed by atoms with Crippen LogP contribution in [0.5, 0.6) is 17.2 Å². The Labute approximate surface area is 266 Å². The van der Waals surface area contributed by atoms with Crippen LogP contribution < -0.4 is 14.8 Å². The van der Waals surface area contributed by atoms with E-state index in [0.717, 1.165) is 42.4 Å². The van der Waals surface area contributed by atoms with Gasteiger partial charge in [0.05, 0.1) is 18.4 Å². The summed E-state index contributed by atoms with van der Waals surface area (Å²) in [5.41, 5.74) is 3.13. The molecule has 1 aliphatic rings. The number of rotatable bonds is 8. The van der Waals surface area contributed by atoms with Gasteiger partial charge in [-0.15, -0.1) is 0 Å². The highest BCUT2D eigenvalue weighted by molar-refractivity contribution is 6.06. The number of aryl methyl sites for hydroxylation is 1. The third-order valence-electron chi connectivity index (χ3n) is 7.79. The molecule has 0 atom stereocenters. The molecular weight excluding hydrogens is 570 g/mol. The Morgan fingerprint density at radius 1 is 1.02 bits per heavy atom. The van der Waals surface area contributed by atoms with Gasteiger partial charge in [0, 0.05) is 36.6 Å². The number of piperidine rings is 1. The first-order valence-electron chi connectivity index (χ1n) is 15.4. The number of carbonyl (C=O) groups excluding carboxylic acids is 3. The van der Waals surface area contributed by atoms with Gasteiger partial charge in [0.25, 0.3) is 5.91 Å². The van der Waals surface area contributed by atoms with E-state index in [-0.39, 0.29) is 17.4 Å². The smallest absolute Gasteiger partial charge is 0.410 e. The SMILES string of the molecule is COc1c(C=O)cc(C(C)(C)C)cc1NC(=O)c1ccc(C)c(Oc2ccnc(CC3CCN(C(=O)OC(C)(C)C)CC3)c2)c1. The second-order valence-corrected chi connectivity index (χ2v) is 13.6. The summed E-state index contributed by atoms with van der Waals surface area (Å²) in [6, 6.07) is 12.6. The fourth-order valence-corrected chi connectivity index (χ4v) is 5.24. The van der Waals surface area contributed by atoms with Gasteiger partial charge in [-0.25, -0.2) is 4.79 Å². The minimum atomic E-state index is -0.507. The van der Waals surface area contributed by atoms with Crippen molar-refractivity contribution in [3.05, 3.63) is 76.6 Å². The summed E-state index contributed by atoms with van der Waals surface area (Å²) >= 11 is 0. The van der Waals surface area contributed by atoms with Crippen molar-refractivity contribution in [2.45, 2.75) is 78.7 Å². The monoisotopic (exact) mass is 615 g/mol. The minimum Gasteiger partial charge on any atom is -0.494 e. The molecule has 0 unspecified atom stereocenters. The van der Waals surface area contributed by atoms with E-state index in [2.05, 4.69) is 10.3 Å². The zero-order valence-corrected chi connectivity index (χ0v) is 27.7. The van der Waals surface area contributed by atoms with Gasteiger partial charge in [-0.05, 0) is 99.7 Å². The van der Waals surface area contributed by atoms with Gasteiger partial charge in [-0.3, -0.25) is 14.6 Å². The average Bonchev–Trinajstić information content (AvgIpc) is 2.97. The average molecular weight is 616 g/mol. The molecule has 1 saturated heterocycles. The number of carbonyl (C=O) groups is 3. The van der Waals surface area contributed by atoms with Crippen LogP contribution in [0.3, 0.4) is 0 Å². The van der Waals surface area contributed by atoms with Crippen LogP contribution in [-0.2, 0) is 16.6 Å². The molecule has 45 heavy (non-hydrogen) atoms. The third kappa shape index (κ3) is 8.84. The van der Waals surface area contributed by atoms with Crippen molar-refractivity contribution in [2.75, 3.05) is 25.5 Å². The van der Waals surface area contributed by atoms with Gasteiger partial charge in [-0.1, -0.05) is 26.8 Å². The zero-order valence-electron chi connectivity index (χ0n) is 27.7. The first-order valence-corrected chi connectivity index (χ1v) is 15.4. The molecule has 3 aromatic rings. The summed E-state index contributed by atoms with van der Waals surface area (Å²) in [5.74, 6) is 1.54. The van der Waals surface area contributed by atoms with E-state index in [9.17, 15) is 14.4 Å². The van der Waals surface area contributed by atoms with Crippen LogP contribution >= 0.6 is 0 Å². The van der Waals surface area contributed by atoms with E-state index in [1.807, 2.05) is 66.7 Å². The molecule has 240 valence electrons. The number of methoxy groups -OCH3 is 1. The number of hydrogen-bond donors (Lipinski definition) is 1. The van der Waals surface area contributed by atoms with E-state index in [4.69, 9.17) is 14.2 Å². The van der Waals surface area contributed by atoms with Gasteiger partial charge in [0.1, 0.15) is 17.1 Å². The van der Waals surface area contributed by atoms with Crippen molar-refractivity contribution < 1.29 is 28.6 Å². The molecular formula is C36H45N3O6. The number of anilines is 1. The summed E-state index contributed by atoms with van der Waals surface area (Å²) in [4.78, 5) is 44.0. The van der Waals surface area contributed by atoms with Gasteiger partial charge < -0.3 is 24.4 Å². The third-order valence-corrected chi connectivity index (χ3v) is 7.79. The quantitative estimate of drug-likeness (QED) is 0.258. The molecule has 2 aromatic carbocycles. The molecule has 0 bridgehead atoms. The zero-order chi connectivity index (χ0) is 32.9. The number of aldehydes is 1. The van der Waals surface area contributed by atoms with E-state index < -0.39 is 5.60 Å². The van der Waals surface area contributed by atoms with E-state index in [1.165, 1.54) is 7.11 Å². The standard InChI is InChI=1S/C36H45N3O6/c1-23-9-10-25(33(41)38-30-20-27(35(2,3)4)18-26(22-40)32(30)43-8)19-31(23)44-29-11-14-37-28(21-29)17-24-12-15-39(16-13-24)34(42)45-36(5,6)7/h9-11,14,18-22,24H,12-13,15-17H2,1-8H3,(H,38,41). The van der Waals surface area contributed by atoms with Crippen LogP contribution in [0.4, 0.5) is 10.5 Å². The first kappa shape index (κ1) is 33.5. The van der Waals surface area contributed by atoms with Gasteiger partial charge >= 0.3 is 6.09 Å². The highest BCUT2D eigenvalue weighted by Gasteiger charge is 2.27. The van der Waals surface area contributed by atoms with Gasteiger partial charge in [-0.2, -0.15) is 0 Å². The number of hydrogen-bond acceptors (Lipinski definition) is 7. The van der Waals surface area contributed by atoms with Crippen LogP contribution in [0, 0.1) is 12.8 Å². The number of likely N-dealkylation sites (tertiary alicyclic amines) is 1. The fraction of sp³-hybridized carbons (Fsp3) is 0.444. The highest BCUT2D eigenvalue weighted by atomic mass is 16.6. The topological polar surface area (TPSA) is 107 Å². The number of benzene rings is 2. The lowest BCUT2D eigenvalue weighted by atomic mass is 9.85. The van der Waals surface area contributed by atoms with Crippen molar-refractivity contribution in [3.8, 4) is 17.2 Å². The lowest BCUT2D eigenvalue weighted by molar-refractivity contribution is 0.0184. The summed E-state index contributed by atoms with van der Waals surface area (Å²) in [6.07, 6.45) is 4.73. The molecule has 2 heterocycles. The number of amides is 2. The number of ether oxygens (including phenoxy) is 3. The van der Waals surface area contributed by atoms with Crippen LogP contribution in [0.25, 0.3) is 0 Å². The van der Waals surface area contributed by atoms with Crippen molar-refractivity contribution in [1.29, 1.82) is 0 Å². The molecule has 1 N–H and O–H groups in total. The number of aromatic nitrogens is 1. The van der Waals surface area contributed by atoms with E-state index in [1.54, 1.807) is 35.4 Å². The maximum Gasteiger partial charge on any atom is 0.410 e. The largest absolute Gasteiger partial charge is 0.494 e. The van der Waals surface area contributed by atoms with Crippen LogP contribution in [0.2, 0.25) is 0 Å². The van der Waals surface area contributed by atoms with Gasteiger partial charge in [0.2, 0.25) is 0 Å². The van der Waals surface area contributed by atoms with E-state index in [0.29, 0.717) is 53.1 Å². The number of pyridine rings is 1. The maximum atomic E-state index is 13.4. The summed E-state index contributed by atoms with van der Waals surface area (Å²) in [5, 5.41) is 2.93. The molecule has 4 rings (SSSR count). The predicted octanol–water partition coefficient (Wildman–Crippen LogP) is 7.74. The first-order chi connectivity index (χ1) is 21.2. The lowest BCUT2D eigenvalue weighted by Crippen LogP contribution is -2.42. The minimum absolute atomic E-state index is 0.241. The normalized spacial score (nSPS) is 14.1. The van der Waals surface area contributed by atoms with Crippen LogP contribution in [-0.4, -0.2) is 54.0 Å². The van der Waals surface area contributed by atoms with Crippen molar-refractivity contribution in [1.82, 2.24) is 9.88 Å². The molecule has 0 spiro atoms. The molecule has 0 saturated carbocycles. The molecule has 0 radical (unpaired) electrons. The molecule has 2 amide bonds. The van der Waals surface area contributed by atoms with E-state index >= 15 is 0 Å². The second kappa shape index (κ2) is 13.7. The Kier molecular flexibility index (Phi) is 10.2. The molecule has 9 heteroatoms. The number of nitrogens with zero attached hydrogens (tertiary/aromatic N) is 2. The van der Waals surface area contributed by atoms with Crippen molar-refractivity contribution in [3.63, 3.8) is 0 Å². The Morgan fingerprint density at radius 3 is 2.36 bits per heavy atom. The molecule has 1 aliphatic heterocycles. The summed E-state index contributed by atoms with van der Waals surface area (Å²) in [6.45, 7) is 15.0.